The van der Waals surface area contributed by atoms with Gasteiger partial charge in [-0.1, -0.05) is 39.0 Å². The molecule has 1 amide bonds. The number of carbonyl (C=O) groups excluding carboxylic acids is 1. The first-order chi connectivity index (χ1) is 17.7. The maximum Gasteiger partial charge on any atom is 0.256 e. The van der Waals surface area contributed by atoms with E-state index in [1.165, 1.54) is 0 Å². The van der Waals surface area contributed by atoms with Crippen LogP contribution in [0.15, 0.2) is 42.7 Å². The van der Waals surface area contributed by atoms with E-state index in [0.29, 0.717) is 22.7 Å². The third kappa shape index (κ3) is 6.50. The molecule has 2 N–H and O–H groups in total. The van der Waals surface area contributed by atoms with Gasteiger partial charge in [-0.05, 0) is 63.9 Å². The number of pyridine rings is 1. The molecule has 0 aliphatic carbocycles. The zero-order chi connectivity index (χ0) is 27.7. The molecule has 3 heterocycles. The molecule has 1 fully saturated rings. The lowest BCUT2D eigenvalue weighted by Gasteiger charge is -2.43. The minimum absolute atomic E-state index is 0.156. The number of aromatic nitrogens is 3. The van der Waals surface area contributed by atoms with Gasteiger partial charge < -0.3 is 20.0 Å². The van der Waals surface area contributed by atoms with Crippen LogP contribution in [0.2, 0.25) is 18.1 Å². The Bertz CT molecular complexity index is 1280. The van der Waals surface area contributed by atoms with Crippen LogP contribution in [0.25, 0.3) is 10.9 Å². The Hall–Kier alpha value is -3.04. The number of hydrogen-bond donors (Lipinski definition) is 2. The number of hydrogen-bond acceptors (Lipinski definition) is 7. The molecule has 0 spiro atoms. The molecular weight excluding hydrogens is 492 g/mol. The van der Waals surface area contributed by atoms with Crippen LogP contribution < -0.4 is 15.5 Å². The molecule has 9 heteroatoms. The van der Waals surface area contributed by atoms with E-state index in [4.69, 9.17) is 9.41 Å². The van der Waals surface area contributed by atoms with E-state index in [1.807, 2.05) is 24.4 Å². The first-order valence-electron chi connectivity index (χ1n) is 13.5. The normalized spacial score (nSPS) is 16.9. The second-order valence-corrected chi connectivity index (χ2v) is 17.5. The van der Waals surface area contributed by atoms with Crippen LogP contribution in [0.1, 0.15) is 64.7 Å². The first-order valence-corrected chi connectivity index (χ1v) is 16.4. The predicted octanol–water partition coefficient (Wildman–Crippen LogP) is 6.48. The van der Waals surface area contributed by atoms with E-state index in [1.54, 1.807) is 18.3 Å². The standard InChI is InChI=1S/C29H42N6O2Si/c1-28(2,3)34-27-31-17-22-24(32-27)23(18-30-25(22)33-26(36)20-13-10-9-11-14-20)35-16-12-15-21(19-35)37-38(7,8)29(4,5)6/h9-11,13-14,17-18,21H,12,15-16,19H2,1-8H3,(H,30,33,36)(H,31,32,34). The third-order valence-corrected chi connectivity index (χ3v) is 11.9. The highest BCUT2D eigenvalue weighted by atomic mass is 28.4. The SMILES string of the molecule is CC(C)(C)Nc1ncc2c(NC(=O)c3ccccc3)ncc(N3CCCC(O[Si](C)(C)C(C)(C)C)C3)c2n1. The van der Waals surface area contributed by atoms with E-state index < -0.39 is 8.32 Å². The van der Waals surface area contributed by atoms with Crippen LogP contribution in [-0.2, 0) is 4.43 Å². The molecule has 0 bridgehead atoms. The molecule has 0 radical (unpaired) electrons. The third-order valence-electron chi connectivity index (χ3n) is 7.34. The van der Waals surface area contributed by atoms with Gasteiger partial charge in [0.05, 0.1) is 23.4 Å². The van der Waals surface area contributed by atoms with Crippen LogP contribution in [0.4, 0.5) is 17.5 Å². The van der Waals surface area contributed by atoms with Crippen LogP contribution >= 0.6 is 0 Å². The van der Waals surface area contributed by atoms with Crippen LogP contribution in [0, 0.1) is 0 Å². The van der Waals surface area contributed by atoms with E-state index in [0.717, 1.165) is 37.1 Å². The smallest absolute Gasteiger partial charge is 0.256 e. The van der Waals surface area contributed by atoms with Crippen LogP contribution in [0.5, 0.6) is 0 Å². The van der Waals surface area contributed by atoms with Gasteiger partial charge in [-0.15, -0.1) is 0 Å². The van der Waals surface area contributed by atoms with E-state index >= 15 is 0 Å². The van der Waals surface area contributed by atoms with Crippen molar-refractivity contribution in [1.29, 1.82) is 0 Å². The van der Waals surface area contributed by atoms with Gasteiger partial charge in [-0.3, -0.25) is 4.79 Å². The van der Waals surface area contributed by atoms with Crippen molar-refractivity contribution in [2.75, 3.05) is 28.6 Å². The summed E-state index contributed by atoms with van der Waals surface area (Å²) in [6.07, 6.45) is 5.81. The summed E-state index contributed by atoms with van der Waals surface area (Å²) in [6.45, 7) is 19.4. The van der Waals surface area contributed by atoms with Crippen molar-refractivity contribution in [1.82, 2.24) is 15.0 Å². The molecule has 0 saturated carbocycles. The second-order valence-electron chi connectivity index (χ2n) is 12.7. The van der Waals surface area contributed by atoms with Gasteiger partial charge in [0.2, 0.25) is 5.95 Å². The maximum atomic E-state index is 12.9. The second kappa shape index (κ2) is 10.6. The molecule has 1 saturated heterocycles. The number of amides is 1. The van der Waals surface area contributed by atoms with Gasteiger partial charge in [-0.2, -0.15) is 0 Å². The van der Waals surface area contributed by atoms with Gasteiger partial charge >= 0.3 is 0 Å². The first kappa shape index (κ1) is 28.0. The Kier molecular flexibility index (Phi) is 7.81. The highest BCUT2D eigenvalue weighted by molar-refractivity contribution is 6.74. The predicted molar refractivity (Wildman–Crippen MR) is 159 cm³/mol. The van der Waals surface area contributed by atoms with Crippen molar-refractivity contribution in [3.05, 3.63) is 48.3 Å². The minimum atomic E-state index is -1.90. The Labute approximate surface area is 227 Å². The molecule has 1 aliphatic rings. The quantitative estimate of drug-likeness (QED) is 0.350. The lowest BCUT2D eigenvalue weighted by Crippen LogP contribution is -2.49. The molecule has 1 unspecified atom stereocenters. The van der Waals surface area contributed by atoms with E-state index in [2.05, 4.69) is 80.1 Å². The lowest BCUT2D eigenvalue weighted by atomic mass is 10.1. The largest absolute Gasteiger partial charge is 0.412 e. The highest BCUT2D eigenvalue weighted by Gasteiger charge is 2.40. The van der Waals surface area contributed by atoms with Crippen molar-refractivity contribution >= 4 is 42.6 Å². The Balaban J connectivity index is 1.69. The van der Waals surface area contributed by atoms with Gasteiger partial charge in [0.1, 0.15) is 11.3 Å². The van der Waals surface area contributed by atoms with Crippen molar-refractivity contribution < 1.29 is 9.22 Å². The van der Waals surface area contributed by atoms with Gasteiger partial charge in [-0.25, -0.2) is 15.0 Å². The van der Waals surface area contributed by atoms with Crippen molar-refractivity contribution in [2.24, 2.45) is 0 Å². The zero-order valence-electron chi connectivity index (χ0n) is 24.1. The Morgan fingerprint density at radius 3 is 2.42 bits per heavy atom. The number of nitrogens with one attached hydrogen (secondary N) is 2. The monoisotopic (exact) mass is 534 g/mol. The summed E-state index contributed by atoms with van der Waals surface area (Å²) >= 11 is 0. The van der Waals surface area contributed by atoms with Gasteiger partial charge in [0, 0.05) is 30.4 Å². The summed E-state index contributed by atoms with van der Waals surface area (Å²) in [5.41, 5.74) is 2.07. The number of benzene rings is 1. The van der Waals surface area contributed by atoms with E-state index in [9.17, 15) is 4.79 Å². The molecule has 3 aromatic rings. The fraction of sp³-hybridized carbons (Fsp3) is 0.517. The summed E-state index contributed by atoms with van der Waals surface area (Å²) in [6, 6.07) is 9.14. The molecular formula is C29H42N6O2Si. The van der Waals surface area contributed by atoms with Crippen molar-refractivity contribution in [2.45, 2.75) is 84.2 Å². The summed E-state index contributed by atoms with van der Waals surface area (Å²) < 4.78 is 6.80. The number of piperidine rings is 1. The summed E-state index contributed by atoms with van der Waals surface area (Å²) in [4.78, 5) is 29.4. The maximum absolute atomic E-state index is 12.9. The Morgan fingerprint density at radius 1 is 1.05 bits per heavy atom. The summed E-state index contributed by atoms with van der Waals surface area (Å²) in [5.74, 6) is 0.778. The molecule has 1 atom stereocenters. The molecule has 38 heavy (non-hydrogen) atoms. The molecule has 8 nitrogen and oxygen atoms in total. The van der Waals surface area contributed by atoms with Crippen LogP contribution in [-0.4, -0.2) is 53.9 Å². The lowest BCUT2D eigenvalue weighted by molar-refractivity contribution is 0.102. The highest BCUT2D eigenvalue weighted by Crippen LogP contribution is 2.39. The fourth-order valence-electron chi connectivity index (χ4n) is 4.35. The number of fused-ring (bicyclic) bond motifs is 1. The minimum Gasteiger partial charge on any atom is -0.412 e. The molecule has 1 aromatic carbocycles. The molecule has 204 valence electrons. The van der Waals surface area contributed by atoms with Gasteiger partial charge in [0.25, 0.3) is 5.91 Å². The van der Waals surface area contributed by atoms with Crippen molar-refractivity contribution in [3.8, 4) is 0 Å². The number of rotatable bonds is 6. The molecule has 1 aliphatic heterocycles. The average molecular weight is 535 g/mol. The zero-order valence-corrected chi connectivity index (χ0v) is 25.1. The fourth-order valence-corrected chi connectivity index (χ4v) is 5.73. The Morgan fingerprint density at radius 2 is 1.76 bits per heavy atom. The molecule has 4 rings (SSSR count). The van der Waals surface area contributed by atoms with Crippen molar-refractivity contribution in [3.63, 3.8) is 0 Å². The summed E-state index contributed by atoms with van der Waals surface area (Å²) in [7, 11) is -1.90. The molecule has 2 aromatic heterocycles. The summed E-state index contributed by atoms with van der Waals surface area (Å²) in [5, 5.41) is 7.21. The van der Waals surface area contributed by atoms with Crippen LogP contribution in [0.3, 0.4) is 0 Å². The number of nitrogens with zero attached hydrogens (tertiary/aromatic N) is 4. The number of carbonyl (C=O) groups is 1. The van der Waals surface area contributed by atoms with Gasteiger partial charge in [0.15, 0.2) is 8.32 Å². The van der Waals surface area contributed by atoms with E-state index in [-0.39, 0.29) is 22.6 Å². The average Bonchev–Trinajstić information content (AvgIpc) is 2.83. The number of anilines is 3. The topological polar surface area (TPSA) is 92.3 Å².